The number of nitrogens with two attached hydrogens (primary N) is 1. The fourth-order valence-electron chi connectivity index (χ4n) is 2.56. The van der Waals surface area contributed by atoms with Gasteiger partial charge in [0.15, 0.2) is 0 Å². The maximum atomic E-state index is 12.0. The Morgan fingerprint density at radius 1 is 1.24 bits per heavy atom. The summed E-state index contributed by atoms with van der Waals surface area (Å²) in [5.41, 5.74) is 8.51. The average Bonchev–Trinajstić information content (AvgIpc) is 3.03. The van der Waals surface area contributed by atoms with Crippen molar-refractivity contribution in [2.24, 2.45) is 5.73 Å². The molecule has 2 aromatic carbocycles. The van der Waals surface area contributed by atoms with Crippen LogP contribution < -0.4 is 11.1 Å². The lowest BCUT2D eigenvalue weighted by Gasteiger charge is -2.12. The normalized spacial score (nSPS) is 12.2. The summed E-state index contributed by atoms with van der Waals surface area (Å²) in [5.74, 6) is -0.101. The Bertz CT molecular complexity index is 808. The zero-order valence-electron chi connectivity index (χ0n) is 14.1. The SMILES string of the molecule is COC(CN)CC(=O)Nc1ccc(Cc2nc3ccccc3s2)cc1. The number of benzene rings is 2. The second-order valence-corrected chi connectivity index (χ2v) is 6.91. The minimum absolute atomic E-state index is 0.101. The lowest BCUT2D eigenvalue weighted by Crippen LogP contribution is -2.28. The standard InChI is InChI=1S/C19H21N3O2S/c1-24-15(12-20)11-18(23)21-14-8-6-13(7-9-14)10-19-22-16-4-2-3-5-17(16)25-19/h2-9,15H,10-12,20H2,1H3,(H,21,23). The van der Waals surface area contributed by atoms with E-state index in [1.807, 2.05) is 42.5 Å². The maximum Gasteiger partial charge on any atom is 0.227 e. The van der Waals surface area contributed by atoms with Crippen LogP contribution in [0.5, 0.6) is 0 Å². The smallest absolute Gasteiger partial charge is 0.227 e. The van der Waals surface area contributed by atoms with E-state index < -0.39 is 0 Å². The van der Waals surface area contributed by atoms with Crippen LogP contribution in [0.4, 0.5) is 5.69 Å². The summed E-state index contributed by atoms with van der Waals surface area (Å²) in [5, 5.41) is 3.95. The van der Waals surface area contributed by atoms with E-state index in [4.69, 9.17) is 10.5 Å². The number of aromatic nitrogens is 1. The summed E-state index contributed by atoms with van der Waals surface area (Å²) in [6.45, 7) is 0.324. The minimum atomic E-state index is -0.252. The van der Waals surface area contributed by atoms with E-state index in [0.29, 0.717) is 6.54 Å². The number of ether oxygens (including phenoxy) is 1. The molecule has 1 unspecified atom stereocenters. The van der Waals surface area contributed by atoms with Gasteiger partial charge in [-0.2, -0.15) is 0 Å². The number of thiazole rings is 1. The lowest BCUT2D eigenvalue weighted by atomic mass is 10.1. The lowest BCUT2D eigenvalue weighted by molar-refractivity contribution is -0.118. The van der Waals surface area contributed by atoms with Crippen molar-refractivity contribution in [3.05, 3.63) is 59.1 Å². The van der Waals surface area contributed by atoms with Crippen LogP contribution in [-0.4, -0.2) is 30.6 Å². The van der Waals surface area contributed by atoms with Crippen LogP contribution in [0.2, 0.25) is 0 Å². The molecule has 5 nitrogen and oxygen atoms in total. The van der Waals surface area contributed by atoms with Gasteiger partial charge in [0.1, 0.15) is 0 Å². The van der Waals surface area contributed by atoms with Crippen molar-refractivity contribution in [2.45, 2.75) is 18.9 Å². The molecular weight excluding hydrogens is 334 g/mol. The Labute approximate surface area is 150 Å². The first-order valence-electron chi connectivity index (χ1n) is 8.14. The number of carbonyl (C=O) groups excluding carboxylic acids is 1. The number of rotatable bonds is 7. The molecule has 0 saturated carbocycles. The molecule has 3 N–H and O–H groups in total. The van der Waals surface area contributed by atoms with Gasteiger partial charge in [0.05, 0.1) is 27.7 Å². The Kier molecular flexibility index (Phi) is 5.75. The predicted molar refractivity (Wildman–Crippen MR) is 102 cm³/mol. The molecule has 1 heterocycles. The summed E-state index contributed by atoms with van der Waals surface area (Å²) in [7, 11) is 1.56. The number of methoxy groups -OCH3 is 1. The van der Waals surface area contributed by atoms with E-state index in [0.717, 1.165) is 28.2 Å². The summed E-state index contributed by atoms with van der Waals surface area (Å²) < 4.78 is 6.33. The predicted octanol–water partition coefficient (Wildman–Crippen LogP) is 3.19. The first-order valence-corrected chi connectivity index (χ1v) is 8.95. The molecule has 3 aromatic rings. The molecule has 0 spiro atoms. The van der Waals surface area contributed by atoms with E-state index in [1.54, 1.807) is 18.4 Å². The third-order valence-corrected chi connectivity index (χ3v) is 4.98. The summed E-state index contributed by atoms with van der Waals surface area (Å²) in [6, 6.07) is 16.0. The highest BCUT2D eigenvalue weighted by Crippen LogP contribution is 2.24. The summed E-state index contributed by atoms with van der Waals surface area (Å²) >= 11 is 1.71. The number of hydrogen-bond acceptors (Lipinski definition) is 5. The van der Waals surface area contributed by atoms with Crippen molar-refractivity contribution in [3.8, 4) is 0 Å². The van der Waals surface area contributed by atoms with Gasteiger partial charge < -0.3 is 15.8 Å². The van der Waals surface area contributed by atoms with Crippen molar-refractivity contribution in [1.82, 2.24) is 4.98 Å². The first kappa shape index (κ1) is 17.5. The molecule has 3 rings (SSSR count). The van der Waals surface area contributed by atoms with Crippen molar-refractivity contribution in [1.29, 1.82) is 0 Å². The van der Waals surface area contributed by atoms with Gasteiger partial charge in [-0.05, 0) is 29.8 Å². The highest BCUT2D eigenvalue weighted by atomic mass is 32.1. The molecule has 0 bridgehead atoms. The molecule has 1 amide bonds. The van der Waals surface area contributed by atoms with E-state index in [1.165, 1.54) is 4.70 Å². The Morgan fingerprint density at radius 2 is 2.00 bits per heavy atom. The zero-order chi connectivity index (χ0) is 17.6. The number of anilines is 1. The summed E-state index contributed by atoms with van der Waals surface area (Å²) in [6.07, 6.45) is 0.783. The quantitative estimate of drug-likeness (QED) is 0.682. The van der Waals surface area contributed by atoms with Crippen LogP contribution >= 0.6 is 11.3 Å². The van der Waals surface area contributed by atoms with Crippen molar-refractivity contribution in [3.63, 3.8) is 0 Å². The second-order valence-electron chi connectivity index (χ2n) is 5.79. The molecular formula is C19H21N3O2S. The van der Waals surface area contributed by atoms with Crippen molar-refractivity contribution < 1.29 is 9.53 Å². The molecule has 6 heteroatoms. The van der Waals surface area contributed by atoms with Crippen LogP contribution in [0, 0.1) is 0 Å². The number of nitrogens with one attached hydrogen (secondary N) is 1. The number of amides is 1. The van der Waals surface area contributed by atoms with E-state index in [-0.39, 0.29) is 18.4 Å². The van der Waals surface area contributed by atoms with Crippen LogP contribution in [0.15, 0.2) is 48.5 Å². The fourth-order valence-corrected chi connectivity index (χ4v) is 3.56. The Morgan fingerprint density at radius 3 is 2.68 bits per heavy atom. The number of hydrogen-bond donors (Lipinski definition) is 2. The Balaban J connectivity index is 1.61. The van der Waals surface area contributed by atoms with Gasteiger partial charge in [0, 0.05) is 25.8 Å². The van der Waals surface area contributed by atoms with Gasteiger partial charge in [-0.1, -0.05) is 24.3 Å². The van der Waals surface area contributed by atoms with Gasteiger partial charge in [-0.3, -0.25) is 4.79 Å². The van der Waals surface area contributed by atoms with Gasteiger partial charge in [-0.25, -0.2) is 4.98 Å². The van der Waals surface area contributed by atoms with Gasteiger partial charge in [-0.15, -0.1) is 11.3 Å². The average molecular weight is 355 g/mol. The zero-order valence-corrected chi connectivity index (χ0v) is 14.9. The van der Waals surface area contributed by atoms with Crippen LogP contribution in [0.25, 0.3) is 10.2 Å². The van der Waals surface area contributed by atoms with Gasteiger partial charge in [0.2, 0.25) is 5.91 Å². The van der Waals surface area contributed by atoms with E-state index >= 15 is 0 Å². The van der Waals surface area contributed by atoms with Crippen molar-refractivity contribution in [2.75, 3.05) is 19.0 Å². The van der Waals surface area contributed by atoms with E-state index in [9.17, 15) is 4.79 Å². The topological polar surface area (TPSA) is 77.2 Å². The fraction of sp³-hybridized carbons (Fsp3) is 0.263. The van der Waals surface area contributed by atoms with Crippen molar-refractivity contribution >= 4 is 33.1 Å². The largest absolute Gasteiger partial charge is 0.380 e. The van der Waals surface area contributed by atoms with Crippen LogP contribution in [-0.2, 0) is 16.0 Å². The number of carbonyl (C=O) groups is 1. The van der Waals surface area contributed by atoms with Gasteiger partial charge in [0.25, 0.3) is 0 Å². The Hall–Kier alpha value is -2.28. The monoisotopic (exact) mass is 355 g/mol. The maximum absolute atomic E-state index is 12.0. The molecule has 25 heavy (non-hydrogen) atoms. The summed E-state index contributed by atoms with van der Waals surface area (Å²) in [4.78, 5) is 16.6. The van der Waals surface area contributed by atoms with Crippen LogP contribution in [0.3, 0.4) is 0 Å². The highest BCUT2D eigenvalue weighted by molar-refractivity contribution is 7.18. The molecule has 0 radical (unpaired) electrons. The third kappa shape index (κ3) is 4.63. The minimum Gasteiger partial charge on any atom is -0.380 e. The highest BCUT2D eigenvalue weighted by Gasteiger charge is 2.11. The molecule has 0 aliphatic carbocycles. The number of nitrogens with zero attached hydrogens (tertiary/aromatic N) is 1. The number of fused-ring (bicyclic) bond motifs is 1. The first-order chi connectivity index (χ1) is 12.2. The van der Waals surface area contributed by atoms with Gasteiger partial charge >= 0.3 is 0 Å². The molecule has 130 valence electrons. The third-order valence-electron chi connectivity index (χ3n) is 3.94. The van der Waals surface area contributed by atoms with E-state index in [2.05, 4.69) is 16.4 Å². The molecule has 0 saturated heterocycles. The molecule has 1 atom stereocenters. The second kappa shape index (κ2) is 8.20. The van der Waals surface area contributed by atoms with Crippen LogP contribution in [0.1, 0.15) is 17.0 Å². The molecule has 0 fully saturated rings. The molecule has 1 aromatic heterocycles. The number of para-hydroxylation sites is 1. The molecule has 0 aliphatic heterocycles. The molecule has 0 aliphatic rings.